The molecule has 2 aromatic carbocycles. The second-order valence-electron chi connectivity index (χ2n) is 4.77. The van der Waals surface area contributed by atoms with Crippen LogP contribution in [0.1, 0.15) is 12.0 Å². The average Bonchev–Trinajstić information content (AvgIpc) is 2.52. The fourth-order valence-electron chi connectivity index (χ4n) is 2.09. The Kier molecular flexibility index (Phi) is 5.14. The van der Waals surface area contributed by atoms with Crippen LogP contribution < -0.4 is 4.74 Å². The van der Waals surface area contributed by atoms with Crippen molar-refractivity contribution in [1.82, 2.24) is 0 Å². The van der Waals surface area contributed by atoms with Crippen molar-refractivity contribution in [3.8, 4) is 16.9 Å². The van der Waals surface area contributed by atoms with Crippen molar-refractivity contribution in [3.05, 3.63) is 54.1 Å². The minimum absolute atomic E-state index is 0.0452. The van der Waals surface area contributed by atoms with Crippen LogP contribution in [-0.4, -0.2) is 28.8 Å². The summed E-state index contributed by atoms with van der Waals surface area (Å²) in [5, 5.41) is 17.5. The number of ether oxygens (including phenoxy) is 1. The fourth-order valence-corrected chi connectivity index (χ4v) is 2.09. The van der Waals surface area contributed by atoms with Crippen LogP contribution >= 0.6 is 0 Å². The predicted molar refractivity (Wildman–Crippen MR) is 81.0 cm³/mol. The zero-order valence-corrected chi connectivity index (χ0v) is 11.9. The number of benzene rings is 2. The Balaban J connectivity index is 2.32. The molecule has 0 aromatic heterocycles. The van der Waals surface area contributed by atoms with Gasteiger partial charge in [-0.3, -0.25) is 4.79 Å². The Morgan fingerprint density at radius 2 is 1.68 bits per heavy atom. The largest absolute Gasteiger partial charge is 0.481 e. The van der Waals surface area contributed by atoms with E-state index in [1.165, 1.54) is 0 Å². The van der Waals surface area contributed by atoms with Crippen LogP contribution in [0.25, 0.3) is 11.1 Å². The Morgan fingerprint density at radius 3 is 2.32 bits per heavy atom. The molecule has 0 aliphatic carbocycles. The number of hydrogen-bond donors (Lipinski definition) is 2. The molecule has 2 rings (SSSR count). The van der Waals surface area contributed by atoms with Crippen LogP contribution in [0.5, 0.6) is 5.75 Å². The Hall–Kier alpha value is -2.82. The third-order valence-electron chi connectivity index (χ3n) is 3.11. The van der Waals surface area contributed by atoms with Crippen LogP contribution in [0.3, 0.4) is 0 Å². The summed E-state index contributed by atoms with van der Waals surface area (Å²) in [6, 6.07) is 14.7. The summed E-state index contributed by atoms with van der Waals surface area (Å²) < 4.78 is 5.32. The number of hydrogen-bond acceptors (Lipinski definition) is 3. The molecule has 0 spiro atoms. The predicted octanol–water partition coefficient (Wildman–Crippen LogP) is 2.83. The molecule has 0 heterocycles. The van der Waals surface area contributed by atoms with Crippen LogP contribution in [0.4, 0.5) is 0 Å². The zero-order valence-electron chi connectivity index (χ0n) is 11.9. The molecule has 0 saturated carbocycles. The Morgan fingerprint density at radius 1 is 0.955 bits per heavy atom. The summed E-state index contributed by atoms with van der Waals surface area (Å²) in [5.74, 6) is -1.44. The minimum Gasteiger partial charge on any atom is -0.481 e. The van der Waals surface area contributed by atoms with Crippen molar-refractivity contribution < 1.29 is 24.5 Å². The van der Waals surface area contributed by atoms with E-state index in [2.05, 4.69) is 0 Å². The monoisotopic (exact) mass is 300 g/mol. The van der Waals surface area contributed by atoms with Crippen LogP contribution in [0.15, 0.2) is 48.5 Å². The summed E-state index contributed by atoms with van der Waals surface area (Å²) >= 11 is 0. The highest BCUT2D eigenvalue weighted by Crippen LogP contribution is 2.31. The lowest BCUT2D eigenvalue weighted by molar-refractivity contribution is -0.139. The van der Waals surface area contributed by atoms with Gasteiger partial charge < -0.3 is 14.9 Å². The molecule has 0 aliphatic rings. The normalized spacial score (nSPS) is 10.2. The molecule has 0 saturated heterocycles. The fraction of sp³-hybridized carbons (Fsp3) is 0.176. The molecule has 0 bridgehead atoms. The number of rotatable bonds is 7. The number of carboxylic acid groups (broad SMARTS) is 2. The molecule has 5 nitrogen and oxygen atoms in total. The first-order valence-electron chi connectivity index (χ1n) is 6.81. The lowest BCUT2D eigenvalue weighted by atomic mass is 10.00. The van der Waals surface area contributed by atoms with Gasteiger partial charge in [-0.05, 0) is 29.7 Å². The first-order chi connectivity index (χ1) is 10.6. The lowest BCUT2D eigenvalue weighted by Gasteiger charge is -2.12. The third kappa shape index (κ3) is 4.34. The van der Waals surface area contributed by atoms with Gasteiger partial charge in [0.1, 0.15) is 5.75 Å². The van der Waals surface area contributed by atoms with E-state index in [0.29, 0.717) is 12.2 Å². The third-order valence-corrected chi connectivity index (χ3v) is 3.11. The maximum absolute atomic E-state index is 10.7. The average molecular weight is 300 g/mol. The van der Waals surface area contributed by atoms with E-state index >= 15 is 0 Å². The Bertz CT molecular complexity index is 664. The smallest absolute Gasteiger partial charge is 0.341 e. The van der Waals surface area contributed by atoms with Crippen molar-refractivity contribution in [2.45, 2.75) is 12.8 Å². The summed E-state index contributed by atoms with van der Waals surface area (Å²) in [4.78, 5) is 21.4. The van der Waals surface area contributed by atoms with E-state index in [4.69, 9.17) is 14.9 Å². The Labute approximate surface area is 127 Å². The van der Waals surface area contributed by atoms with Gasteiger partial charge in [0.2, 0.25) is 0 Å². The SMILES string of the molecule is O=C(O)CCc1ccc(OCC(=O)O)c(-c2ccccc2)c1. The molecule has 0 atom stereocenters. The molecule has 114 valence electrons. The van der Waals surface area contributed by atoms with E-state index in [9.17, 15) is 9.59 Å². The highest BCUT2D eigenvalue weighted by atomic mass is 16.5. The number of carbonyl (C=O) groups is 2. The molecule has 22 heavy (non-hydrogen) atoms. The molecule has 0 amide bonds. The quantitative estimate of drug-likeness (QED) is 0.821. The molecule has 2 aromatic rings. The van der Waals surface area contributed by atoms with Crippen molar-refractivity contribution in [3.63, 3.8) is 0 Å². The van der Waals surface area contributed by atoms with Gasteiger partial charge >= 0.3 is 11.9 Å². The van der Waals surface area contributed by atoms with Crippen molar-refractivity contribution in [2.75, 3.05) is 6.61 Å². The molecular formula is C17H16O5. The maximum Gasteiger partial charge on any atom is 0.341 e. The summed E-state index contributed by atoms with van der Waals surface area (Å²) in [5.41, 5.74) is 2.51. The molecule has 5 heteroatoms. The van der Waals surface area contributed by atoms with E-state index in [0.717, 1.165) is 16.7 Å². The molecular weight excluding hydrogens is 284 g/mol. The molecule has 0 radical (unpaired) electrons. The van der Waals surface area contributed by atoms with E-state index < -0.39 is 18.5 Å². The zero-order chi connectivity index (χ0) is 15.9. The second-order valence-corrected chi connectivity index (χ2v) is 4.77. The molecule has 0 aliphatic heterocycles. The standard InChI is InChI=1S/C17H16O5/c18-16(19)9-7-12-6-8-15(22-11-17(20)21)14(10-12)13-4-2-1-3-5-13/h1-6,8,10H,7,9,11H2,(H,18,19)(H,20,21). The van der Waals surface area contributed by atoms with Crippen LogP contribution in [0.2, 0.25) is 0 Å². The molecule has 0 unspecified atom stereocenters. The number of aliphatic carboxylic acids is 2. The van der Waals surface area contributed by atoms with Gasteiger partial charge in [-0.15, -0.1) is 0 Å². The van der Waals surface area contributed by atoms with E-state index in [-0.39, 0.29) is 6.42 Å². The topological polar surface area (TPSA) is 83.8 Å². The first kappa shape index (κ1) is 15.6. The van der Waals surface area contributed by atoms with Crippen molar-refractivity contribution in [1.29, 1.82) is 0 Å². The van der Waals surface area contributed by atoms with Gasteiger partial charge in [-0.2, -0.15) is 0 Å². The highest BCUT2D eigenvalue weighted by molar-refractivity contribution is 5.73. The van der Waals surface area contributed by atoms with Gasteiger partial charge in [0.05, 0.1) is 0 Å². The molecule has 2 N–H and O–H groups in total. The van der Waals surface area contributed by atoms with Gasteiger partial charge in [0.25, 0.3) is 0 Å². The van der Waals surface area contributed by atoms with Crippen LogP contribution in [-0.2, 0) is 16.0 Å². The summed E-state index contributed by atoms with van der Waals surface area (Å²) in [6.45, 7) is -0.422. The lowest BCUT2D eigenvalue weighted by Crippen LogP contribution is -2.10. The van der Waals surface area contributed by atoms with Crippen LogP contribution in [0, 0.1) is 0 Å². The van der Waals surface area contributed by atoms with E-state index in [1.54, 1.807) is 12.1 Å². The number of aryl methyl sites for hydroxylation is 1. The van der Waals surface area contributed by atoms with Gasteiger partial charge in [0, 0.05) is 12.0 Å². The maximum atomic E-state index is 10.7. The summed E-state index contributed by atoms with van der Waals surface area (Å²) in [6.07, 6.45) is 0.456. The minimum atomic E-state index is -1.05. The summed E-state index contributed by atoms with van der Waals surface area (Å²) in [7, 11) is 0. The van der Waals surface area contributed by atoms with Gasteiger partial charge in [-0.25, -0.2) is 4.79 Å². The van der Waals surface area contributed by atoms with E-state index in [1.807, 2.05) is 36.4 Å². The second kappa shape index (κ2) is 7.26. The van der Waals surface area contributed by atoms with Gasteiger partial charge in [-0.1, -0.05) is 36.4 Å². The van der Waals surface area contributed by atoms with Crippen molar-refractivity contribution in [2.24, 2.45) is 0 Å². The molecule has 0 fully saturated rings. The first-order valence-corrected chi connectivity index (χ1v) is 6.81. The van der Waals surface area contributed by atoms with Gasteiger partial charge in [0.15, 0.2) is 6.61 Å². The van der Waals surface area contributed by atoms with Crippen molar-refractivity contribution >= 4 is 11.9 Å². The highest BCUT2D eigenvalue weighted by Gasteiger charge is 2.10. The number of carboxylic acids is 2.